The Balaban J connectivity index is 2.29. The summed E-state index contributed by atoms with van der Waals surface area (Å²) < 4.78 is 8.01. The number of benzene rings is 1. The third-order valence-corrected chi connectivity index (χ3v) is 3.99. The van der Waals surface area contributed by atoms with Crippen molar-refractivity contribution in [1.82, 2.24) is 14.5 Å². The zero-order valence-electron chi connectivity index (χ0n) is 14.6. The number of imidazole rings is 1. The number of carboxylic acid groups (broad SMARTS) is 1. The van der Waals surface area contributed by atoms with Crippen molar-refractivity contribution in [1.29, 1.82) is 0 Å². The van der Waals surface area contributed by atoms with Crippen LogP contribution in [0.5, 0.6) is 0 Å². The van der Waals surface area contributed by atoms with Gasteiger partial charge in [-0.25, -0.2) is 4.79 Å². The Morgan fingerprint density at radius 2 is 1.84 bits per heavy atom. The molecule has 0 spiro atoms. The number of rotatable bonds is 8. The molecule has 1 unspecified atom stereocenters. The zero-order chi connectivity index (χ0) is 18.6. The van der Waals surface area contributed by atoms with Gasteiger partial charge in [-0.2, -0.15) is 0 Å². The van der Waals surface area contributed by atoms with E-state index in [0.717, 1.165) is 5.52 Å². The molecule has 8 heteroatoms. The summed E-state index contributed by atoms with van der Waals surface area (Å²) in [7, 11) is 1.44. The number of carbonyl (C=O) groups is 2. The van der Waals surface area contributed by atoms with E-state index in [9.17, 15) is 14.4 Å². The Hall–Kier alpha value is -2.61. The number of aromatic nitrogens is 2. The Bertz CT molecular complexity index is 838. The van der Waals surface area contributed by atoms with Crippen LogP contribution in [0.4, 0.5) is 0 Å². The SMILES string of the molecule is CCn1c(=O)n(CC(=O)NC(C)(COC)CC(=O)O)c2ccccc21. The van der Waals surface area contributed by atoms with Crippen molar-refractivity contribution in [2.75, 3.05) is 13.7 Å². The van der Waals surface area contributed by atoms with Crippen molar-refractivity contribution in [3.05, 3.63) is 34.7 Å². The number of para-hydroxylation sites is 2. The molecule has 0 aliphatic rings. The molecule has 1 amide bonds. The zero-order valence-corrected chi connectivity index (χ0v) is 14.6. The fourth-order valence-corrected chi connectivity index (χ4v) is 3.03. The fraction of sp³-hybridized carbons (Fsp3) is 0.471. The lowest BCUT2D eigenvalue weighted by Crippen LogP contribution is -2.52. The molecule has 1 aromatic carbocycles. The molecule has 136 valence electrons. The molecule has 0 radical (unpaired) electrons. The number of hydrogen-bond donors (Lipinski definition) is 2. The summed E-state index contributed by atoms with van der Waals surface area (Å²) in [6, 6.07) is 7.24. The summed E-state index contributed by atoms with van der Waals surface area (Å²) in [5.74, 6) is -1.48. The quantitative estimate of drug-likeness (QED) is 0.734. The van der Waals surface area contributed by atoms with E-state index in [1.807, 2.05) is 19.1 Å². The third-order valence-electron chi connectivity index (χ3n) is 3.99. The van der Waals surface area contributed by atoms with E-state index >= 15 is 0 Å². The normalized spacial score (nSPS) is 13.6. The summed E-state index contributed by atoms with van der Waals surface area (Å²) in [6.45, 7) is 3.82. The van der Waals surface area contributed by atoms with Gasteiger partial charge in [0.15, 0.2) is 0 Å². The molecule has 0 aliphatic heterocycles. The fourth-order valence-electron chi connectivity index (χ4n) is 3.03. The third kappa shape index (κ3) is 4.08. The van der Waals surface area contributed by atoms with Crippen LogP contribution in [-0.2, 0) is 27.4 Å². The van der Waals surface area contributed by atoms with Crippen LogP contribution in [0.15, 0.2) is 29.1 Å². The molecular weight excluding hydrogens is 326 g/mol. The van der Waals surface area contributed by atoms with E-state index in [2.05, 4.69) is 5.32 Å². The Morgan fingerprint density at radius 3 is 2.36 bits per heavy atom. The van der Waals surface area contributed by atoms with Crippen LogP contribution in [-0.4, -0.2) is 45.4 Å². The lowest BCUT2D eigenvalue weighted by atomic mass is 9.99. The van der Waals surface area contributed by atoms with Gasteiger partial charge in [-0.1, -0.05) is 12.1 Å². The van der Waals surface area contributed by atoms with Crippen molar-refractivity contribution in [2.24, 2.45) is 0 Å². The minimum Gasteiger partial charge on any atom is -0.481 e. The predicted molar refractivity (Wildman–Crippen MR) is 92.5 cm³/mol. The van der Waals surface area contributed by atoms with Gasteiger partial charge < -0.3 is 15.2 Å². The molecule has 0 bridgehead atoms. The number of amides is 1. The van der Waals surface area contributed by atoms with E-state index in [1.54, 1.807) is 23.6 Å². The van der Waals surface area contributed by atoms with Gasteiger partial charge in [-0.05, 0) is 26.0 Å². The van der Waals surface area contributed by atoms with Crippen LogP contribution in [0, 0.1) is 0 Å². The van der Waals surface area contributed by atoms with Crippen molar-refractivity contribution >= 4 is 22.9 Å². The number of carbonyl (C=O) groups excluding carboxylic acids is 1. The standard InChI is InChI=1S/C17H23N3O5/c1-4-19-12-7-5-6-8-13(12)20(16(19)24)10-14(21)18-17(2,11-25-3)9-15(22)23/h5-8H,4,9-11H2,1-3H3,(H,18,21)(H,22,23). The highest BCUT2D eigenvalue weighted by Gasteiger charge is 2.30. The molecular formula is C17H23N3O5. The average molecular weight is 349 g/mol. The number of aliphatic carboxylic acids is 1. The molecule has 8 nitrogen and oxygen atoms in total. The van der Waals surface area contributed by atoms with Gasteiger partial charge in [0, 0.05) is 13.7 Å². The summed E-state index contributed by atoms with van der Waals surface area (Å²) in [5.41, 5.74) is 0.0967. The maximum absolute atomic E-state index is 12.6. The van der Waals surface area contributed by atoms with Crippen LogP contribution in [0.25, 0.3) is 11.0 Å². The van der Waals surface area contributed by atoms with E-state index in [1.165, 1.54) is 11.7 Å². The summed E-state index contributed by atoms with van der Waals surface area (Å²) in [6.07, 6.45) is -0.280. The molecule has 2 N–H and O–H groups in total. The van der Waals surface area contributed by atoms with Crippen LogP contribution >= 0.6 is 0 Å². The minimum absolute atomic E-state index is 0.0522. The highest BCUT2D eigenvalue weighted by Crippen LogP contribution is 2.14. The van der Waals surface area contributed by atoms with Gasteiger partial charge in [0.05, 0.1) is 29.6 Å². The topological polar surface area (TPSA) is 103 Å². The first kappa shape index (κ1) is 18.7. The molecule has 0 aliphatic carbocycles. The first-order chi connectivity index (χ1) is 11.8. The Labute approximate surface area is 145 Å². The molecule has 1 atom stereocenters. The maximum Gasteiger partial charge on any atom is 0.329 e. The molecule has 0 saturated carbocycles. The van der Waals surface area contributed by atoms with Crippen LogP contribution in [0.2, 0.25) is 0 Å². The number of nitrogens with zero attached hydrogens (tertiary/aromatic N) is 2. The molecule has 1 heterocycles. The van der Waals surface area contributed by atoms with Gasteiger partial charge in [-0.15, -0.1) is 0 Å². The van der Waals surface area contributed by atoms with Crippen LogP contribution in [0.1, 0.15) is 20.3 Å². The van der Waals surface area contributed by atoms with E-state index < -0.39 is 17.4 Å². The number of carboxylic acids is 1. The van der Waals surface area contributed by atoms with Gasteiger partial charge in [0.1, 0.15) is 6.54 Å². The number of aryl methyl sites for hydroxylation is 1. The highest BCUT2D eigenvalue weighted by molar-refractivity contribution is 5.82. The second-order valence-electron chi connectivity index (χ2n) is 6.21. The van der Waals surface area contributed by atoms with Crippen molar-refractivity contribution < 1.29 is 19.4 Å². The smallest absolute Gasteiger partial charge is 0.329 e. The van der Waals surface area contributed by atoms with E-state index in [0.29, 0.717) is 12.1 Å². The lowest BCUT2D eigenvalue weighted by molar-refractivity contribution is -0.139. The van der Waals surface area contributed by atoms with Crippen molar-refractivity contribution in [2.45, 2.75) is 38.9 Å². The second-order valence-corrected chi connectivity index (χ2v) is 6.21. The Kier molecular flexibility index (Phi) is 5.63. The molecule has 1 aromatic heterocycles. The van der Waals surface area contributed by atoms with Gasteiger partial charge in [0.25, 0.3) is 0 Å². The molecule has 0 fully saturated rings. The molecule has 25 heavy (non-hydrogen) atoms. The Morgan fingerprint density at radius 1 is 1.24 bits per heavy atom. The number of ether oxygens (including phenoxy) is 1. The van der Waals surface area contributed by atoms with E-state index in [4.69, 9.17) is 9.84 Å². The van der Waals surface area contributed by atoms with E-state index in [-0.39, 0.29) is 25.3 Å². The van der Waals surface area contributed by atoms with Crippen LogP contribution < -0.4 is 11.0 Å². The average Bonchev–Trinajstić information content (AvgIpc) is 2.78. The lowest BCUT2D eigenvalue weighted by Gasteiger charge is -2.28. The summed E-state index contributed by atoms with van der Waals surface area (Å²) in [4.78, 5) is 36.0. The van der Waals surface area contributed by atoms with Crippen molar-refractivity contribution in [3.63, 3.8) is 0 Å². The first-order valence-corrected chi connectivity index (χ1v) is 8.01. The maximum atomic E-state index is 12.6. The summed E-state index contributed by atoms with van der Waals surface area (Å²) >= 11 is 0. The number of hydrogen-bond acceptors (Lipinski definition) is 4. The number of fused-ring (bicyclic) bond motifs is 1. The van der Waals surface area contributed by atoms with Gasteiger partial charge >= 0.3 is 11.7 Å². The number of methoxy groups -OCH3 is 1. The first-order valence-electron chi connectivity index (χ1n) is 8.01. The monoisotopic (exact) mass is 349 g/mol. The van der Waals surface area contributed by atoms with Crippen LogP contribution in [0.3, 0.4) is 0 Å². The minimum atomic E-state index is -1.05. The number of nitrogens with one attached hydrogen (secondary N) is 1. The molecule has 0 saturated heterocycles. The van der Waals surface area contributed by atoms with Gasteiger partial charge in [-0.3, -0.25) is 18.7 Å². The summed E-state index contributed by atoms with van der Waals surface area (Å²) in [5, 5.41) is 11.7. The molecule has 2 rings (SSSR count). The second kappa shape index (κ2) is 7.52. The van der Waals surface area contributed by atoms with Crippen molar-refractivity contribution in [3.8, 4) is 0 Å². The highest BCUT2D eigenvalue weighted by atomic mass is 16.5. The predicted octanol–water partition coefficient (Wildman–Crippen LogP) is 0.819. The van der Waals surface area contributed by atoms with Gasteiger partial charge in [0.2, 0.25) is 5.91 Å². The molecule has 2 aromatic rings. The largest absolute Gasteiger partial charge is 0.481 e.